The fourth-order valence-electron chi connectivity index (χ4n) is 1.45. The SMILES string of the molecule is ClCNc1cccc2ccccc12. The second kappa shape index (κ2) is 3.67. The van der Waals surface area contributed by atoms with E-state index in [1.165, 1.54) is 10.8 Å². The molecule has 0 bridgehead atoms. The first-order valence-electron chi connectivity index (χ1n) is 4.19. The second-order valence-electron chi connectivity index (χ2n) is 2.84. The zero-order valence-electron chi connectivity index (χ0n) is 7.13. The number of nitrogens with one attached hydrogen (secondary N) is 1. The molecule has 2 rings (SSSR count). The van der Waals surface area contributed by atoms with Gasteiger partial charge in [0.25, 0.3) is 0 Å². The van der Waals surface area contributed by atoms with E-state index in [-0.39, 0.29) is 0 Å². The zero-order valence-corrected chi connectivity index (χ0v) is 7.88. The molecule has 0 amide bonds. The number of rotatable bonds is 2. The minimum absolute atomic E-state index is 0.438. The lowest BCUT2D eigenvalue weighted by molar-refractivity contribution is 1.48. The van der Waals surface area contributed by atoms with E-state index >= 15 is 0 Å². The molecular weight excluding hydrogens is 182 g/mol. The molecule has 2 aromatic carbocycles. The van der Waals surface area contributed by atoms with Crippen LogP contribution in [0.3, 0.4) is 0 Å². The third kappa shape index (κ3) is 1.61. The van der Waals surface area contributed by atoms with Crippen molar-refractivity contribution in [2.75, 3.05) is 11.3 Å². The molecule has 0 aliphatic rings. The summed E-state index contributed by atoms with van der Waals surface area (Å²) in [6.45, 7) is 0. The van der Waals surface area contributed by atoms with E-state index in [2.05, 4.69) is 23.5 Å². The number of anilines is 1. The number of benzene rings is 2. The van der Waals surface area contributed by atoms with Gasteiger partial charge in [-0.05, 0) is 11.5 Å². The highest BCUT2D eigenvalue weighted by Crippen LogP contribution is 2.22. The third-order valence-electron chi connectivity index (χ3n) is 2.05. The minimum Gasteiger partial charge on any atom is -0.371 e. The number of fused-ring (bicyclic) bond motifs is 1. The van der Waals surface area contributed by atoms with Crippen LogP contribution in [0, 0.1) is 0 Å². The van der Waals surface area contributed by atoms with Gasteiger partial charge in [-0.2, -0.15) is 0 Å². The summed E-state index contributed by atoms with van der Waals surface area (Å²) in [5.74, 6) is 0. The van der Waals surface area contributed by atoms with Crippen LogP contribution in [0.15, 0.2) is 42.5 Å². The molecule has 0 aliphatic heterocycles. The van der Waals surface area contributed by atoms with Gasteiger partial charge in [-0.25, -0.2) is 0 Å². The highest BCUT2D eigenvalue weighted by molar-refractivity contribution is 6.19. The van der Waals surface area contributed by atoms with Crippen molar-refractivity contribution in [3.63, 3.8) is 0 Å². The summed E-state index contributed by atoms with van der Waals surface area (Å²) < 4.78 is 0. The van der Waals surface area contributed by atoms with Crippen molar-refractivity contribution in [3.05, 3.63) is 42.5 Å². The molecule has 66 valence electrons. The van der Waals surface area contributed by atoms with Gasteiger partial charge in [0.2, 0.25) is 0 Å². The van der Waals surface area contributed by atoms with Crippen LogP contribution in [-0.4, -0.2) is 6.00 Å². The maximum atomic E-state index is 5.63. The van der Waals surface area contributed by atoms with Crippen LogP contribution in [0.2, 0.25) is 0 Å². The molecule has 0 saturated carbocycles. The molecule has 2 heteroatoms. The molecule has 0 spiro atoms. The molecule has 0 unspecified atom stereocenters. The highest BCUT2D eigenvalue weighted by Gasteiger charge is 1.96. The lowest BCUT2D eigenvalue weighted by atomic mass is 10.1. The summed E-state index contributed by atoms with van der Waals surface area (Å²) in [5, 5.41) is 5.56. The molecule has 0 aliphatic carbocycles. The summed E-state index contributed by atoms with van der Waals surface area (Å²) in [6.07, 6.45) is 0. The number of hydrogen-bond donors (Lipinski definition) is 1. The van der Waals surface area contributed by atoms with Crippen molar-refractivity contribution in [1.82, 2.24) is 0 Å². The molecule has 0 heterocycles. The largest absolute Gasteiger partial charge is 0.371 e. The molecule has 0 aromatic heterocycles. The normalized spacial score (nSPS) is 10.2. The molecule has 2 aromatic rings. The van der Waals surface area contributed by atoms with E-state index in [1.807, 2.05) is 24.3 Å². The van der Waals surface area contributed by atoms with Gasteiger partial charge in [0.15, 0.2) is 0 Å². The first-order valence-corrected chi connectivity index (χ1v) is 4.73. The van der Waals surface area contributed by atoms with Crippen LogP contribution >= 0.6 is 11.6 Å². The van der Waals surface area contributed by atoms with Gasteiger partial charge in [-0.3, -0.25) is 0 Å². The Morgan fingerprint density at radius 3 is 2.62 bits per heavy atom. The van der Waals surface area contributed by atoms with Gasteiger partial charge in [-0.1, -0.05) is 36.4 Å². The lowest BCUT2D eigenvalue weighted by Gasteiger charge is -2.05. The number of hydrogen-bond acceptors (Lipinski definition) is 1. The molecule has 0 atom stereocenters. The smallest absolute Gasteiger partial charge is 0.0902 e. The van der Waals surface area contributed by atoms with Gasteiger partial charge in [-0.15, -0.1) is 11.6 Å². The fraction of sp³-hybridized carbons (Fsp3) is 0.0909. The van der Waals surface area contributed by atoms with E-state index < -0.39 is 0 Å². The molecular formula is C11H10ClN. The van der Waals surface area contributed by atoms with Crippen LogP contribution in [0.25, 0.3) is 10.8 Å². The fourth-order valence-corrected chi connectivity index (χ4v) is 1.60. The van der Waals surface area contributed by atoms with Gasteiger partial charge < -0.3 is 5.32 Å². The maximum Gasteiger partial charge on any atom is 0.0902 e. The van der Waals surface area contributed by atoms with Crippen molar-refractivity contribution >= 4 is 28.1 Å². The van der Waals surface area contributed by atoms with Crippen molar-refractivity contribution in [1.29, 1.82) is 0 Å². The Labute approximate surface area is 82.3 Å². The van der Waals surface area contributed by atoms with Gasteiger partial charge in [0.1, 0.15) is 0 Å². The van der Waals surface area contributed by atoms with Crippen LogP contribution in [0.4, 0.5) is 5.69 Å². The summed E-state index contributed by atoms with van der Waals surface area (Å²) in [5.41, 5.74) is 1.09. The van der Waals surface area contributed by atoms with E-state index in [0.29, 0.717) is 6.00 Å². The van der Waals surface area contributed by atoms with Gasteiger partial charge in [0.05, 0.1) is 6.00 Å². The zero-order chi connectivity index (χ0) is 9.10. The van der Waals surface area contributed by atoms with Crippen molar-refractivity contribution in [3.8, 4) is 0 Å². The molecule has 13 heavy (non-hydrogen) atoms. The van der Waals surface area contributed by atoms with Crippen molar-refractivity contribution < 1.29 is 0 Å². The second-order valence-corrected chi connectivity index (χ2v) is 3.10. The molecule has 1 N–H and O–H groups in total. The van der Waals surface area contributed by atoms with Crippen LogP contribution < -0.4 is 5.32 Å². The lowest BCUT2D eigenvalue weighted by Crippen LogP contribution is -1.94. The van der Waals surface area contributed by atoms with E-state index in [0.717, 1.165) is 5.69 Å². The Kier molecular flexibility index (Phi) is 2.37. The molecule has 0 fully saturated rings. The Hall–Kier alpha value is -1.21. The Bertz CT molecular complexity index is 406. The Morgan fingerprint density at radius 1 is 1.00 bits per heavy atom. The highest BCUT2D eigenvalue weighted by atomic mass is 35.5. The van der Waals surface area contributed by atoms with Crippen molar-refractivity contribution in [2.45, 2.75) is 0 Å². The van der Waals surface area contributed by atoms with Gasteiger partial charge in [0, 0.05) is 11.1 Å². The molecule has 0 radical (unpaired) electrons. The standard InChI is InChI=1S/C11H10ClN/c12-8-13-11-7-3-5-9-4-1-2-6-10(9)11/h1-7,13H,8H2. The van der Waals surface area contributed by atoms with E-state index in [9.17, 15) is 0 Å². The summed E-state index contributed by atoms with van der Waals surface area (Å²) in [4.78, 5) is 0. The summed E-state index contributed by atoms with van der Waals surface area (Å²) >= 11 is 5.63. The first-order chi connectivity index (χ1) is 6.42. The predicted octanol–water partition coefficient (Wildman–Crippen LogP) is 3.45. The monoisotopic (exact) mass is 191 g/mol. The van der Waals surface area contributed by atoms with E-state index in [4.69, 9.17) is 11.6 Å². The van der Waals surface area contributed by atoms with Gasteiger partial charge >= 0.3 is 0 Å². The Morgan fingerprint density at radius 2 is 1.77 bits per heavy atom. The van der Waals surface area contributed by atoms with Crippen LogP contribution in [-0.2, 0) is 0 Å². The number of alkyl halides is 1. The molecule has 1 nitrogen and oxygen atoms in total. The quantitative estimate of drug-likeness (QED) is 0.567. The minimum atomic E-state index is 0.438. The Balaban J connectivity index is 2.61. The third-order valence-corrected chi connectivity index (χ3v) is 2.18. The molecule has 0 saturated heterocycles. The average molecular weight is 192 g/mol. The topological polar surface area (TPSA) is 12.0 Å². The maximum absolute atomic E-state index is 5.63. The summed E-state index contributed by atoms with van der Waals surface area (Å²) in [7, 11) is 0. The predicted molar refractivity (Wildman–Crippen MR) is 58.3 cm³/mol. The number of halogens is 1. The van der Waals surface area contributed by atoms with E-state index in [1.54, 1.807) is 0 Å². The van der Waals surface area contributed by atoms with Crippen LogP contribution in [0.1, 0.15) is 0 Å². The first kappa shape index (κ1) is 8.39. The summed E-state index contributed by atoms with van der Waals surface area (Å²) in [6, 6.07) is 14.8. The van der Waals surface area contributed by atoms with Crippen molar-refractivity contribution in [2.24, 2.45) is 0 Å². The average Bonchev–Trinajstić information content (AvgIpc) is 2.19. The van der Waals surface area contributed by atoms with Crippen LogP contribution in [0.5, 0.6) is 0 Å².